The molecule has 46 heavy (non-hydrogen) atoms. The van der Waals surface area contributed by atoms with Gasteiger partial charge in [0.05, 0.1) is 0 Å². The molecule has 5 heteroatoms. The Morgan fingerprint density at radius 3 is 1.54 bits per heavy atom. The summed E-state index contributed by atoms with van der Waals surface area (Å²) >= 11 is -5.82. The molecular formula is C41H30O4Ti. The summed E-state index contributed by atoms with van der Waals surface area (Å²) < 4.78 is 14.2. The van der Waals surface area contributed by atoms with Crippen molar-refractivity contribution in [2.24, 2.45) is 0 Å². The van der Waals surface area contributed by atoms with Gasteiger partial charge in [0, 0.05) is 0 Å². The van der Waals surface area contributed by atoms with Crippen LogP contribution in [0.3, 0.4) is 0 Å². The van der Waals surface area contributed by atoms with Crippen molar-refractivity contribution in [1.29, 1.82) is 0 Å². The van der Waals surface area contributed by atoms with Crippen molar-refractivity contribution in [3.63, 3.8) is 0 Å². The van der Waals surface area contributed by atoms with Crippen LogP contribution in [-0.4, -0.2) is 16.8 Å². The fourth-order valence-electron chi connectivity index (χ4n) is 7.40. The van der Waals surface area contributed by atoms with Crippen LogP contribution in [0.15, 0.2) is 156 Å². The van der Waals surface area contributed by atoms with Crippen LogP contribution < -0.4 is 0 Å². The standard InChI is InChI=1S/C13H9.2C11H8O2.C5H5.CH2.Ti/c1-3-7-12-10(5-1)9-11-6-2-4-8-13(11)12;2*12-11(13)10-7-3-5-8-4-1-2-6-9(8)10;1-2-4-5-3-1;;/h1-9H;2*1-7H,(H,12,13);1-3H,4H2;1H2;/q;;;;;+2/p-2. The molecule has 0 saturated heterocycles. The molecule has 222 valence electrons. The van der Waals surface area contributed by atoms with E-state index in [-0.39, 0.29) is 0 Å². The summed E-state index contributed by atoms with van der Waals surface area (Å²) in [6.45, 7) is 0. The number of carbonyl (C=O) groups is 2. The van der Waals surface area contributed by atoms with Crippen LogP contribution in [0.1, 0.15) is 42.5 Å². The molecule has 8 rings (SSSR count). The third-order valence-electron chi connectivity index (χ3n) is 9.52. The zero-order valence-corrected chi connectivity index (χ0v) is 26.6. The Labute approximate surface area is 268 Å². The third kappa shape index (κ3) is 4.29. The molecule has 0 fully saturated rings. The molecule has 0 unspecified atom stereocenters. The second-order valence-electron chi connectivity index (χ2n) is 12.1. The van der Waals surface area contributed by atoms with E-state index < -0.39 is 31.8 Å². The number of hydrogen-bond acceptors (Lipinski definition) is 4. The minimum atomic E-state index is -5.82. The van der Waals surface area contributed by atoms with E-state index in [4.69, 9.17) is 11.5 Å². The molecule has 2 aliphatic rings. The molecule has 0 aromatic heterocycles. The van der Waals surface area contributed by atoms with Gasteiger partial charge in [-0.15, -0.1) is 0 Å². The fraction of sp³-hybridized carbons (Fsp3) is 0.0488. The van der Waals surface area contributed by atoms with Gasteiger partial charge < -0.3 is 0 Å². The zero-order chi connectivity index (χ0) is 31.3. The predicted molar refractivity (Wildman–Crippen MR) is 181 cm³/mol. The Balaban J connectivity index is 1.40. The first-order chi connectivity index (χ1) is 22.4. The summed E-state index contributed by atoms with van der Waals surface area (Å²) in [6.07, 6.45) is 6.36. The SMILES string of the molecule is [CH2]=[Ti]([O]C(=O)c1cccc2ccccc12)([O]C(=O)c1cccc2ccccc12)([C]1=CC=CC1)[CH]1c2ccccc2-c2ccccc21. The molecule has 0 radical (unpaired) electrons. The normalized spacial score (nSPS) is 14.2. The van der Waals surface area contributed by atoms with Gasteiger partial charge >= 0.3 is 270 Å². The van der Waals surface area contributed by atoms with E-state index in [9.17, 15) is 9.59 Å². The quantitative estimate of drug-likeness (QED) is 0.171. The summed E-state index contributed by atoms with van der Waals surface area (Å²) in [5.41, 5.74) is 4.75. The summed E-state index contributed by atoms with van der Waals surface area (Å²) in [4.78, 5) is 34.3. The van der Waals surface area contributed by atoms with Gasteiger partial charge in [0.25, 0.3) is 0 Å². The Kier molecular flexibility index (Phi) is 6.61. The van der Waals surface area contributed by atoms with Crippen molar-refractivity contribution < 1.29 is 31.8 Å². The molecule has 4 nitrogen and oxygen atoms in total. The van der Waals surface area contributed by atoms with Crippen LogP contribution in [0, 0.1) is 0 Å². The van der Waals surface area contributed by atoms with Gasteiger partial charge in [0.1, 0.15) is 0 Å². The average Bonchev–Trinajstić information content (AvgIpc) is 3.76. The van der Waals surface area contributed by atoms with E-state index in [1.807, 2.05) is 115 Å². The molecular weight excluding hydrogens is 604 g/mol. The molecule has 6 aromatic carbocycles. The zero-order valence-electron chi connectivity index (χ0n) is 25.1. The van der Waals surface area contributed by atoms with Gasteiger partial charge in [-0.3, -0.25) is 0 Å². The Morgan fingerprint density at radius 1 is 0.587 bits per heavy atom. The molecule has 0 N–H and O–H groups in total. The first kappa shape index (κ1) is 28.3. The van der Waals surface area contributed by atoms with E-state index in [0.717, 1.165) is 47.7 Å². The number of rotatable bonds is 6. The second-order valence-corrected chi connectivity index (χ2v) is 18.8. The summed E-state index contributed by atoms with van der Waals surface area (Å²) in [5.74, 6) is -1.10. The van der Waals surface area contributed by atoms with Gasteiger partial charge in [-0.1, -0.05) is 0 Å². The molecule has 0 spiro atoms. The molecule has 6 aromatic rings. The van der Waals surface area contributed by atoms with Crippen molar-refractivity contribution in [3.8, 4) is 11.1 Å². The maximum atomic E-state index is 14.7. The van der Waals surface area contributed by atoms with Gasteiger partial charge in [-0.25, -0.2) is 0 Å². The molecule has 0 aliphatic heterocycles. The van der Waals surface area contributed by atoms with E-state index in [1.54, 1.807) is 12.1 Å². The third-order valence-corrected chi connectivity index (χ3v) is 17.0. The van der Waals surface area contributed by atoms with Gasteiger partial charge in [-0.05, 0) is 0 Å². The number of carbonyl (C=O) groups excluding carboxylic acids is 2. The van der Waals surface area contributed by atoms with E-state index in [1.165, 1.54) is 0 Å². The van der Waals surface area contributed by atoms with Crippen LogP contribution in [0.25, 0.3) is 32.7 Å². The molecule has 2 aliphatic carbocycles. The van der Waals surface area contributed by atoms with Crippen molar-refractivity contribution >= 4 is 38.3 Å². The van der Waals surface area contributed by atoms with Gasteiger partial charge in [0.2, 0.25) is 0 Å². The first-order valence-electron chi connectivity index (χ1n) is 15.5. The number of hydrogen-bond donors (Lipinski definition) is 0. The second kappa shape index (κ2) is 10.7. The Bertz CT molecular complexity index is 2210. The Hall–Kier alpha value is -5.16. The van der Waals surface area contributed by atoms with Crippen molar-refractivity contribution in [3.05, 3.63) is 178 Å². The topological polar surface area (TPSA) is 52.6 Å². The Morgan fingerprint density at radius 2 is 1.04 bits per heavy atom. The number of fused-ring (bicyclic) bond motifs is 5. The van der Waals surface area contributed by atoms with E-state index >= 15 is 0 Å². The van der Waals surface area contributed by atoms with E-state index in [2.05, 4.69) is 24.3 Å². The van der Waals surface area contributed by atoms with E-state index in [0.29, 0.717) is 17.5 Å². The molecule has 0 heterocycles. The minimum absolute atomic E-state index is 0.407. The fourth-order valence-corrected chi connectivity index (χ4v) is 14.7. The summed E-state index contributed by atoms with van der Waals surface area (Å²) in [5, 5.41) is 3.36. The summed E-state index contributed by atoms with van der Waals surface area (Å²) in [6, 6.07) is 42.8. The molecule has 0 amide bonds. The van der Waals surface area contributed by atoms with Gasteiger partial charge in [0.15, 0.2) is 0 Å². The van der Waals surface area contributed by atoms with Crippen LogP contribution in [-0.2, 0) is 22.3 Å². The maximum absolute atomic E-state index is 14.7. The molecule has 0 saturated carbocycles. The van der Waals surface area contributed by atoms with Crippen LogP contribution in [0.5, 0.6) is 0 Å². The number of benzene rings is 6. The average molecular weight is 635 g/mol. The van der Waals surface area contributed by atoms with Crippen LogP contribution in [0.4, 0.5) is 0 Å². The van der Waals surface area contributed by atoms with Crippen molar-refractivity contribution in [2.45, 2.75) is 10.6 Å². The summed E-state index contributed by atoms with van der Waals surface area (Å²) in [7, 11) is 0. The first-order valence-corrected chi connectivity index (χ1v) is 19.5. The molecule has 0 atom stereocenters. The van der Waals surface area contributed by atoms with Crippen LogP contribution >= 0.6 is 0 Å². The van der Waals surface area contributed by atoms with Crippen LogP contribution in [0.2, 0.25) is 0 Å². The van der Waals surface area contributed by atoms with Crippen molar-refractivity contribution in [1.82, 2.24) is 0 Å². The number of allylic oxidation sites excluding steroid dienone is 4. The van der Waals surface area contributed by atoms with Gasteiger partial charge in [-0.2, -0.15) is 0 Å². The molecule has 0 bridgehead atoms. The monoisotopic (exact) mass is 634 g/mol. The van der Waals surface area contributed by atoms with Crippen molar-refractivity contribution in [2.75, 3.05) is 0 Å². The predicted octanol–water partition coefficient (Wildman–Crippen LogP) is 9.57.